The van der Waals surface area contributed by atoms with Crippen LogP contribution in [0.15, 0.2) is 18.7 Å². The van der Waals surface area contributed by atoms with Crippen molar-refractivity contribution >= 4 is 5.91 Å². The molecule has 0 saturated carbocycles. The number of hydrogen-bond acceptors (Lipinski definition) is 4. The summed E-state index contributed by atoms with van der Waals surface area (Å²) in [7, 11) is 2.13. The van der Waals surface area contributed by atoms with E-state index in [2.05, 4.69) is 21.5 Å². The van der Waals surface area contributed by atoms with Crippen molar-refractivity contribution in [3.05, 3.63) is 18.7 Å². The number of ether oxygens (including phenoxy) is 1. The van der Waals surface area contributed by atoms with Crippen molar-refractivity contribution in [3.63, 3.8) is 0 Å². The summed E-state index contributed by atoms with van der Waals surface area (Å²) in [6.07, 6.45) is 10.1. The minimum absolute atomic E-state index is 0.128. The standard InChI is InChI=1S/C16H26N4O2/c1-18-8-4-15(5-9-18)22-12-16(21)19-7-2-3-14(11-19)20-10-6-17-13-20/h6,10,13-15H,2-5,7-9,11-12H2,1H3. The van der Waals surface area contributed by atoms with Gasteiger partial charge < -0.3 is 19.1 Å². The Morgan fingerprint density at radius 1 is 1.27 bits per heavy atom. The maximum absolute atomic E-state index is 12.4. The molecule has 3 heterocycles. The average Bonchev–Trinajstić information content (AvgIpc) is 3.09. The molecule has 0 bridgehead atoms. The van der Waals surface area contributed by atoms with Gasteiger partial charge in [0.2, 0.25) is 5.91 Å². The average molecular weight is 306 g/mol. The van der Waals surface area contributed by atoms with E-state index in [9.17, 15) is 4.79 Å². The summed E-state index contributed by atoms with van der Waals surface area (Å²) in [6, 6.07) is 0.350. The zero-order valence-corrected chi connectivity index (χ0v) is 13.4. The maximum atomic E-state index is 12.4. The summed E-state index contributed by atoms with van der Waals surface area (Å²) in [6.45, 7) is 3.97. The molecule has 2 saturated heterocycles. The van der Waals surface area contributed by atoms with E-state index in [1.165, 1.54) is 0 Å². The molecule has 0 aromatic carbocycles. The summed E-state index contributed by atoms with van der Waals surface area (Å²) in [4.78, 5) is 20.7. The van der Waals surface area contributed by atoms with Gasteiger partial charge in [0.15, 0.2) is 0 Å². The first-order chi connectivity index (χ1) is 10.7. The predicted octanol–water partition coefficient (Wildman–Crippen LogP) is 1.16. The van der Waals surface area contributed by atoms with Crippen LogP contribution in [0.2, 0.25) is 0 Å². The van der Waals surface area contributed by atoms with Crippen LogP contribution in [0.5, 0.6) is 0 Å². The predicted molar refractivity (Wildman–Crippen MR) is 83.5 cm³/mol. The Balaban J connectivity index is 1.45. The number of amides is 1. The third kappa shape index (κ3) is 3.87. The number of piperidine rings is 2. The van der Waals surface area contributed by atoms with Gasteiger partial charge in [0.05, 0.1) is 18.5 Å². The monoisotopic (exact) mass is 306 g/mol. The zero-order valence-electron chi connectivity index (χ0n) is 13.4. The van der Waals surface area contributed by atoms with Crippen LogP contribution >= 0.6 is 0 Å². The second-order valence-electron chi connectivity index (χ2n) is 6.46. The minimum Gasteiger partial charge on any atom is -0.368 e. The van der Waals surface area contributed by atoms with Crippen LogP contribution < -0.4 is 0 Å². The number of hydrogen-bond donors (Lipinski definition) is 0. The summed E-state index contributed by atoms with van der Waals surface area (Å²) in [5.41, 5.74) is 0. The normalized spacial score (nSPS) is 24.6. The van der Waals surface area contributed by atoms with Gasteiger partial charge in [-0.2, -0.15) is 0 Å². The molecule has 1 aromatic heterocycles. The van der Waals surface area contributed by atoms with Crippen molar-refractivity contribution in [1.82, 2.24) is 19.4 Å². The highest BCUT2D eigenvalue weighted by molar-refractivity contribution is 5.77. The minimum atomic E-state index is 0.128. The van der Waals surface area contributed by atoms with E-state index in [0.717, 1.165) is 51.9 Å². The Kier molecular flexibility index (Phi) is 5.10. The Morgan fingerprint density at radius 3 is 2.82 bits per heavy atom. The van der Waals surface area contributed by atoms with Crippen molar-refractivity contribution < 1.29 is 9.53 Å². The second-order valence-corrected chi connectivity index (χ2v) is 6.46. The first-order valence-electron chi connectivity index (χ1n) is 8.28. The van der Waals surface area contributed by atoms with Crippen LogP contribution in [0.3, 0.4) is 0 Å². The highest BCUT2D eigenvalue weighted by Crippen LogP contribution is 2.21. The number of carbonyl (C=O) groups is 1. The quantitative estimate of drug-likeness (QED) is 0.837. The van der Waals surface area contributed by atoms with Gasteiger partial charge in [0, 0.05) is 38.6 Å². The molecule has 0 radical (unpaired) electrons. The SMILES string of the molecule is CN1CCC(OCC(=O)N2CCCC(n3ccnc3)C2)CC1. The van der Waals surface area contributed by atoms with Gasteiger partial charge in [-0.3, -0.25) is 4.79 Å². The molecule has 1 atom stereocenters. The molecule has 1 amide bonds. The van der Waals surface area contributed by atoms with Crippen LogP contribution in [0.4, 0.5) is 0 Å². The Morgan fingerprint density at radius 2 is 2.09 bits per heavy atom. The summed E-state index contributed by atoms with van der Waals surface area (Å²) in [5.74, 6) is 0.128. The van der Waals surface area contributed by atoms with Crippen molar-refractivity contribution in [2.45, 2.75) is 37.8 Å². The second kappa shape index (κ2) is 7.24. The summed E-state index contributed by atoms with van der Waals surface area (Å²) >= 11 is 0. The maximum Gasteiger partial charge on any atom is 0.248 e. The van der Waals surface area contributed by atoms with Gasteiger partial charge in [-0.1, -0.05) is 0 Å². The van der Waals surface area contributed by atoms with E-state index >= 15 is 0 Å². The zero-order chi connectivity index (χ0) is 15.4. The molecule has 1 unspecified atom stereocenters. The van der Waals surface area contributed by atoms with Gasteiger partial charge in [0.1, 0.15) is 6.61 Å². The lowest BCUT2D eigenvalue weighted by Crippen LogP contribution is -2.43. The van der Waals surface area contributed by atoms with Crippen LogP contribution in [0.1, 0.15) is 31.7 Å². The Labute approximate surface area is 132 Å². The number of rotatable bonds is 4. The molecule has 6 nitrogen and oxygen atoms in total. The molecular weight excluding hydrogens is 280 g/mol. The van der Waals surface area contributed by atoms with Gasteiger partial charge in [-0.15, -0.1) is 0 Å². The molecule has 0 aliphatic carbocycles. The number of likely N-dealkylation sites (tertiary alicyclic amines) is 2. The van der Waals surface area contributed by atoms with Crippen molar-refractivity contribution in [1.29, 1.82) is 0 Å². The Hall–Kier alpha value is -1.40. The van der Waals surface area contributed by atoms with Crippen LogP contribution in [0, 0.1) is 0 Å². The van der Waals surface area contributed by atoms with Crippen molar-refractivity contribution in [2.75, 3.05) is 39.8 Å². The molecular formula is C16H26N4O2. The fraction of sp³-hybridized carbons (Fsp3) is 0.750. The van der Waals surface area contributed by atoms with Gasteiger partial charge in [-0.25, -0.2) is 4.98 Å². The number of imidazole rings is 1. The number of nitrogens with zero attached hydrogens (tertiary/aromatic N) is 4. The molecule has 0 spiro atoms. The largest absolute Gasteiger partial charge is 0.368 e. The molecule has 6 heteroatoms. The number of carbonyl (C=O) groups excluding carboxylic acids is 1. The first kappa shape index (κ1) is 15.5. The number of aromatic nitrogens is 2. The van der Waals surface area contributed by atoms with E-state index in [-0.39, 0.29) is 18.6 Å². The molecule has 2 aliphatic rings. The lowest BCUT2D eigenvalue weighted by molar-refractivity contribution is -0.140. The smallest absolute Gasteiger partial charge is 0.248 e. The first-order valence-corrected chi connectivity index (χ1v) is 8.28. The highest BCUT2D eigenvalue weighted by atomic mass is 16.5. The van der Waals surface area contributed by atoms with Crippen molar-refractivity contribution in [3.8, 4) is 0 Å². The molecule has 0 N–H and O–H groups in total. The van der Waals surface area contributed by atoms with Crippen LogP contribution in [0.25, 0.3) is 0 Å². The Bertz CT molecular complexity index is 469. The third-order valence-electron chi connectivity index (χ3n) is 4.80. The fourth-order valence-corrected chi connectivity index (χ4v) is 3.34. The molecule has 3 rings (SSSR count). The molecule has 122 valence electrons. The van der Waals surface area contributed by atoms with Gasteiger partial charge in [0.25, 0.3) is 0 Å². The summed E-state index contributed by atoms with van der Waals surface area (Å²) in [5, 5.41) is 0. The lowest BCUT2D eigenvalue weighted by Gasteiger charge is -2.34. The fourth-order valence-electron chi connectivity index (χ4n) is 3.34. The van der Waals surface area contributed by atoms with Crippen molar-refractivity contribution in [2.24, 2.45) is 0 Å². The van der Waals surface area contributed by atoms with E-state index in [4.69, 9.17) is 4.74 Å². The van der Waals surface area contributed by atoms with E-state index in [1.54, 1.807) is 6.20 Å². The van der Waals surface area contributed by atoms with Crippen LogP contribution in [-0.2, 0) is 9.53 Å². The van der Waals surface area contributed by atoms with E-state index in [1.807, 2.05) is 17.4 Å². The molecule has 22 heavy (non-hydrogen) atoms. The lowest BCUT2D eigenvalue weighted by atomic mass is 10.1. The van der Waals surface area contributed by atoms with E-state index < -0.39 is 0 Å². The van der Waals surface area contributed by atoms with Crippen LogP contribution in [-0.4, -0.2) is 71.2 Å². The third-order valence-corrected chi connectivity index (χ3v) is 4.80. The highest BCUT2D eigenvalue weighted by Gasteiger charge is 2.25. The van der Waals surface area contributed by atoms with E-state index in [0.29, 0.717) is 6.04 Å². The molecule has 2 aliphatic heterocycles. The molecule has 1 aromatic rings. The summed E-state index contributed by atoms with van der Waals surface area (Å²) < 4.78 is 7.94. The topological polar surface area (TPSA) is 50.6 Å². The van der Waals surface area contributed by atoms with Gasteiger partial charge >= 0.3 is 0 Å². The molecule has 2 fully saturated rings. The van der Waals surface area contributed by atoms with Gasteiger partial charge in [-0.05, 0) is 32.7 Å².